The molecule has 0 bridgehead atoms. The number of aliphatic imine (C=N–C) groups is 1. The highest BCUT2D eigenvalue weighted by atomic mass is 31.2. The molecule has 3 rings (SSSR count). The summed E-state index contributed by atoms with van der Waals surface area (Å²) in [5.74, 6) is 0.358. The van der Waals surface area contributed by atoms with Crippen LogP contribution in [0.1, 0.15) is 78.0 Å². The number of alkyl halides is 3. The van der Waals surface area contributed by atoms with Crippen LogP contribution in [0, 0.1) is 0 Å². The van der Waals surface area contributed by atoms with Crippen LogP contribution < -0.4 is 4.74 Å². The molecule has 1 heterocycles. The number of halogens is 3. The van der Waals surface area contributed by atoms with E-state index in [1.54, 1.807) is 13.0 Å². The van der Waals surface area contributed by atoms with Crippen LogP contribution in [0.15, 0.2) is 53.5 Å². The van der Waals surface area contributed by atoms with Crippen molar-refractivity contribution >= 4 is 14.5 Å². The van der Waals surface area contributed by atoms with Crippen LogP contribution in [0.3, 0.4) is 0 Å². The zero-order valence-corrected chi connectivity index (χ0v) is 26.0. The molecule has 0 saturated heterocycles. The summed E-state index contributed by atoms with van der Waals surface area (Å²) in [6.07, 6.45) is -2.42. The Hall–Kier alpha value is -2.19. The van der Waals surface area contributed by atoms with E-state index in [1.165, 1.54) is 12.1 Å². The highest BCUT2D eigenvalue weighted by Gasteiger charge is 2.39. The predicted octanol–water partition coefficient (Wildman–Crippen LogP) is 8.71. The van der Waals surface area contributed by atoms with E-state index in [1.807, 2.05) is 71.9 Å². The molecule has 1 aliphatic heterocycles. The molecule has 6 nitrogen and oxygen atoms in total. The zero-order chi connectivity index (χ0) is 30.3. The molecule has 2 aromatic carbocycles. The summed E-state index contributed by atoms with van der Waals surface area (Å²) >= 11 is 0. The molecule has 0 spiro atoms. The molecule has 1 atom stereocenters. The maximum Gasteiger partial charge on any atom is 0.419 e. The van der Waals surface area contributed by atoms with Crippen molar-refractivity contribution in [2.24, 2.45) is 4.99 Å². The molecular formula is C31H43F3NO5P. The van der Waals surface area contributed by atoms with Gasteiger partial charge in [0.1, 0.15) is 17.9 Å². The van der Waals surface area contributed by atoms with Gasteiger partial charge in [0.15, 0.2) is 5.90 Å². The van der Waals surface area contributed by atoms with Crippen molar-refractivity contribution in [2.75, 3.05) is 19.8 Å². The molecule has 0 aromatic heterocycles. The lowest BCUT2D eigenvalue weighted by molar-refractivity contribution is -0.139. The largest absolute Gasteiger partial charge is 0.493 e. The smallest absolute Gasteiger partial charge is 0.419 e. The first-order valence-electron chi connectivity index (χ1n) is 13.9. The lowest BCUT2D eigenvalue weighted by Gasteiger charge is -2.32. The van der Waals surface area contributed by atoms with E-state index in [0.29, 0.717) is 30.7 Å². The van der Waals surface area contributed by atoms with Gasteiger partial charge in [0.25, 0.3) is 0 Å². The van der Waals surface area contributed by atoms with Crippen LogP contribution in [0.4, 0.5) is 13.2 Å². The van der Waals surface area contributed by atoms with Gasteiger partial charge < -0.3 is 23.0 Å². The van der Waals surface area contributed by atoms with Gasteiger partial charge in [-0.1, -0.05) is 36.4 Å². The quantitative estimate of drug-likeness (QED) is 0.171. The molecule has 0 N–H and O–H groups in total. The molecule has 0 saturated carbocycles. The lowest BCUT2D eigenvalue weighted by Crippen LogP contribution is -2.35. The summed E-state index contributed by atoms with van der Waals surface area (Å²) in [4.78, 5) is 4.69. The van der Waals surface area contributed by atoms with Gasteiger partial charge in [-0.05, 0) is 90.5 Å². The number of benzene rings is 2. The Morgan fingerprint density at radius 2 is 1.56 bits per heavy atom. The van der Waals surface area contributed by atoms with Crippen molar-refractivity contribution in [3.8, 4) is 5.75 Å². The van der Waals surface area contributed by atoms with Gasteiger partial charge in [-0.25, -0.2) is 4.99 Å². The van der Waals surface area contributed by atoms with Crippen molar-refractivity contribution in [1.29, 1.82) is 0 Å². The van der Waals surface area contributed by atoms with Gasteiger partial charge in [-0.2, -0.15) is 13.2 Å². The lowest BCUT2D eigenvalue weighted by atomic mass is 9.93. The summed E-state index contributed by atoms with van der Waals surface area (Å²) in [6.45, 7) is 13.9. The summed E-state index contributed by atoms with van der Waals surface area (Å²) in [6, 6.07) is 14.1. The van der Waals surface area contributed by atoms with Crippen LogP contribution in [-0.2, 0) is 37.3 Å². The molecule has 0 amide bonds. The Labute approximate surface area is 243 Å². The van der Waals surface area contributed by atoms with E-state index in [9.17, 15) is 13.2 Å². The predicted molar refractivity (Wildman–Crippen MR) is 156 cm³/mol. The fourth-order valence-corrected chi connectivity index (χ4v) is 5.55. The topological polar surface area (TPSA) is 58.5 Å². The van der Waals surface area contributed by atoms with Crippen molar-refractivity contribution in [2.45, 2.75) is 97.1 Å². The van der Waals surface area contributed by atoms with Crippen LogP contribution in [-0.4, -0.2) is 42.5 Å². The van der Waals surface area contributed by atoms with E-state index < -0.39 is 37.1 Å². The first kappa shape index (κ1) is 33.3. The normalized spacial score (nSPS) is 18.0. The maximum atomic E-state index is 14.0. The first-order valence-corrected chi connectivity index (χ1v) is 15.0. The fourth-order valence-electron chi connectivity index (χ4n) is 4.16. The SMILES string of the molecule is CC1=NC(CCc2ccc(OCCCc3ccccc3)c(C(F)(F)F)c2)(COP(OC(C)(C)C)OC(C)(C)C)CO1. The summed E-state index contributed by atoms with van der Waals surface area (Å²) in [5, 5.41) is 0. The monoisotopic (exact) mass is 597 g/mol. The van der Waals surface area contributed by atoms with Crippen molar-refractivity contribution in [3.05, 3.63) is 65.2 Å². The van der Waals surface area contributed by atoms with E-state index in [2.05, 4.69) is 4.99 Å². The van der Waals surface area contributed by atoms with E-state index in [4.69, 9.17) is 23.0 Å². The number of hydrogen-bond acceptors (Lipinski definition) is 6. The van der Waals surface area contributed by atoms with Crippen LogP contribution >= 0.6 is 8.60 Å². The molecule has 228 valence electrons. The summed E-state index contributed by atoms with van der Waals surface area (Å²) in [7, 11) is -1.70. The molecule has 1 unspecified atom stereocenters. The number of aryl methyl sites for hydroxylation is 2. The second-order valence-electron chi connectivity index (χ2n) is 12.3. The minimum absolute atomic E-state index is 0.150. The van der Waals surface area contributed by atoms with Gasteiger partial charge in [0.2, 0.25) is 0 Å². The second kappa shape index (κ2) is 13.9. The third-order valence-corrected chi connectivity index (χ3v) is 7.75. The van der Waals surface area contributed by atoms with Crippen molar-refractivity contribution in [3.63, 3.8) is 0 Å². The summed E-state index contributed by atoms with van der Waals surface area (Å²) < 4.78 is 71.4. The Bertz CT molecular complexity index is 1130. The highest BCUT2D eigenvalue weighted by Crippen LogP contribution is 2.48. The van der Waals surface area contributed by atoms with Gasteiger partial charge in [0, 0.05) is 6.92 Å². The molecule has 10 heteroatoms. The van der Waals surface area contributed by atoms with Crippen molar-refractivity contribution in [1.82, 2.24) is 0 Å². The number of hydrogen-bond donors (Lipinski definition) is 0. The van der Waals surface area contributed by atoms with Crippen molar-refractivity contribution < 1.29 is 36.2 Å². The molecule has 1 aliphatic rings. The number of ether oxygens (including phenoxy) is 2. The average Bonchev–Trinajstić information content (AvgIpc) is 3.23. The summed E-state index contributed by atoms with van der Waals surface area (Å²) in [5.41, 5.74) is -0.867. The standard InChI is InChI=1S/C31H43F3NO5P/c1-23-35-30(21-37-23,22-38-41(39-28(2,3)4)40-29(5,6)7)18-17-25-15-16-27(26(20-25)31(32,33)34)36-19-11-14-24-12-9-8-10-13-24/h8-10,12-13,15-16,20H,11,14,17-19,21-22H2,1-7H3. The van der Waals surface area contributed by atoms with Gasteiger partial charge in [-0.15, -0.1) is 0 Å². The van der Waals surface area contributed by atoms with Crippen LogP contribution in [0.2, 0.25) is 0 Å². The van der Waals surface area contributed by atoms with Gasteiger partial charge in [0.05, 0.1) is 30.0 Å². The molecule has 0 aliphatic carbocycles. The van der Waals surface area contributed by atoms with Crippen LogP contribution in [0.25, 0.3) is 0 Å². The second-order valence-corrected chi connectivity index (χ2v) is 13.4. The highest BCUT2D eigenvalue weighted by molar-refractivity contribution is 7.41. The van der Waals surface area contributed by atoms with Gasteiger partial charge >= 0.3 is 14.8 Å². The molecule has 0 fully saturated rings. The zero-order valence-electron chi connectivity index (χ0n) is 25.1. The third-order valence-electron chi connectivity index (χ3n) is 6.02. The molecule has 41 heavy (non-hydrogen) atoms. The minimum atomic E-state index is -4.54. The Morgan fingerprint density at radius 3 is 2.12 bits per heavy atom. The van der Waals surface area contributed by atoms with Crippen LogP contribution in [0.5, 0.6) is 5.75 Å². The third kappa shape index (κ3) is 11.5. The fraction of sp³-hybridized carbons (Fsp3) is 0.581. The Kier molecular flexibility index (Phi) is 11.3. The first-order chi connectivity index (χ1) is 19.0. The molecular weight excluding hydrogens is 554 g/mol. The maximum absolute atomic E-state index is 14.0. The van der Waals surface area contributed by atoms with E-state index in [-0.39, 0.29) is 25.6 Å². The van der Waals surface area contributed by atoms with Gasteiger partial charge in [-0.3, -0.25) is 0 Å². The average molecular weight is 598 g/mol. The molecule has 0 radical (unpaired) electrons. The van der Waals surface area contributed by atoms with E-state index >= 15 is 0 Å². The van der Waals surface area contributed by atoms with E-state index in [0.717, 1.165) is 12.0 Å². The molecule has 2 aromatic rings. The Morgan fingerprint density at radius 1 is 0.902 bits per heavy atom. The minimum Gasteiger partial charge on any atom is -0.493 e. The number of rotatable bonds is 13. The Balaban J connectivity index is 1.68. The number of nitrogens with zero attached hydrogens (tertiary/aromatic N) is 1.